The summed E-state index contributed by atoms with van der Waals surface area (Å²) in [6.07, 6.45) is 0. The third kappa shape index (κ3) is 8.34. The molecular formula is C52H58. The Hall–Kier alpha value is -4.68. The van der Waals surface area contributed by atoms with E-state index in [1.165, 1.54) is 77.9 Å². The zero-order valence-electron chi connectivity index (χ0n) is 33.7. The molecule has 0 amide bonds. The van der Waals surface area contributed by atoms with Crippen molar-refractivity contribution in [2.45, 2.75) is 105 Å². The maximum absolute atomic E-state index is 2.39. The van der Waals surface area contributed by atoms with Gasteiger partial charge in [0.1, 0.15) is 0 Å². The Balaban J connectivity index is 1.18. The van der Waals surface area contributed by atoms with Crippen molar-refractivity contribution < 1.29 is 0 Å². The maximum Gasteiger partial charge on any atom is -0.0132 e. The summed E-state index contributed by atoms with van der Waals surface area (Å²) in [7, 11) is 0. The van der Waals surface area contributed by atoms with E-state index in [9.17, 15) is 0 Å². The van der Waals surface area contributed by atoms with Gasteiger partial charge in [-0.2, -0.15) is 0 Å². The van der Waals surface area contributed by atoms with Crippen molar-refractivity contribution in [1.29, 1.82) is 0 Å². The van der Waals surface area contributed by atoms with E-state index in [2.05, 4.69) is 217 Å². The van der Waals surface area contributed by atoms with Crippen LogP contribution >= 0.6 is 0 Å². The Labute approximate surface area is 315 Å². The van der Waals surface area contributed by atoms with Crippen LogP contribution in [-0.2, 0) is 21.7 Å². The minimum atomic E-state index is 0.0974. The van der Waals surface area contributed by atoms with Crippen LogP contribution in [0.3, 0.4) is 0 Å². The molecule has 0 radical (unpaired) electrons. The standard InChI is InChI=1S/C52H58/c1-49(2,3)45-29-43(30-46(33-45)50(4,5)6)41-25-21-39(22-26-41)37-17-13-35(14-18-37)36-15-19-38(20-16-36)40-23-27-42(28-24-40)44-31-47(51(7,8)9)34-48(32-44)52(10,11)12/h13-34H,1-12H3. The average Bonchev–Trinajstić information content (AvgIpc) is 3.10. The second kappa shape index (κ2) is 13.7. The molecule has 0 aliphatic carbocycles. The second-order valence-electron chi connectivity index (χ2n) is 18.9. The molecule has 52 heavy (non-hydrogen) atoms. The molecule has 0 fully saturated rings. The summed E-state index contributed by atoms with van der Waals surface area (Å²) >= 11 is 0. The van der Waals surface area contributed by atoms with E-state index in [0.717, 1.165) is 0 Å². The van der Waals surface area contributed by atoms with Crippen LogP contribution in [0, 0.1) is 0 Å². The van der Waals surface area contributed by atoms with Gasteiger partial charge in [0.05, 0.1) is 0 Å². The van der Waals surface area contributed by atoms with E-state index < -0.39 is 0 Å². The predicted octanol–water partition coefficient (Wildman–Crippen LogP) is 15.2. The van der Waals surface area contributed by atoms with E-state index in [4.69, 9.17) is 0 Å². The summed E-state index contributed by atoms with van der Waals surface area (Å²) in [5.41, 5.74) is 18.4. The lowest BCUT2D eigenvalue weighted by atomic mass is 9.79. The summed E-state index contributed by atoms with van der Waals surface area (Å²) in [6.45, 7) is 27.6. The Morgan fingerprint density at radius 3 is 0.462 bits per heavy atom. The van der Waals surface area contributed by atoms with Gasteiger partial charge in [-0.25, -0.2) is 0 Å². The molecule has 0 heterocycles. The Morgan fingerprint density at radius 2 is 0.327 bits per heavy atom. The van der Waals surface area contributed by atoms with E-state index in [-0.39, 0.29) is 21.7 Å². The van der Waals surface area contributed by atoms with Gasteiger partial charge in [0.2, 0.25) is 0 Å². The first kappa shape index (κ1) is 37.1. The van der Waals surface area contributed by atoms with E-state index in [1.807, 2.05) is 0 Å². The van der Waals surface area contributed by atoms with Crippen LogP contribution in [0.15, 0.2) is 133 Å². The monoisotopic (exact) mass is 682 g/mol. The molecule has 6 aromatic carbocycles. The first-order chi connectivity index (χ1) is 24.3. The molecule has 0 saturated heterocycles. The van der Waals surface area contributed by atoms with Crippen LogP contribution in [0.5, 0.6) is 0 Å². The molecule has 0 N–H and O–H groups in total. The molecule has 6 rings (SSSR count). The van der Waals surface area contributed by atoms with Gasteiger partial charge in [-0.15, -0.1) is 0 Å². The number of rotatable bonds is 5. The molecule has 0 heteroatoms. The highest BCUT2D eigenvalue weighted by molar-refractivity contribution is 5.76. The molecule has 0 unspecified atom stereocenters. The molecule has 0 spiro atoms. The van der Waals surface area contributed by atoms with Gasteiger partial charge in [0.25, 0.3) is 0 Å². The molecule has 6 aromatic rings. The lowest BCUT2D eigenvalue weighted by molar-refractivity contribution is 0.568. The summed E-state index contributed by atoms with van der Waals surface area (Å²) in [5.74, 6) is 0. The van der Waals surface area contributed by atoms with Crippen molar-refractivity contribution in [2.24, 2.45) is 0 Å². The van der Waals surface area contributed by atoms with Crippen LogP contribution in [0.1, 0.15) is 105 Å². The first-order valence-electron chi connectivity index (χ1n) is 19.0. The van der Waals surface area contributed by atoms with Gasteiger partial charge < -0.3 is 0 Å². The minimum absolute atomic E-state index is 0.0974. The number of hydrogen-bond acceptors (Lipinski definition) is 0. The van der Waals surface area contributed by atoms with Gasteiger partial charge >= 0.3 is 0 Å². The fourth-order valence-electron chi connectivity index (χ4n) is 6.74. The summed E-state index contributed by atoms with van der Waals surface area (Å²) < 4.78 is 0. The Bertz CT molecular complexity index is 1920. The molecule has 266 valence electrons. The van der Waals surface area contributed by atoms with Crippen molar-refractivity contribution in [1.82, 2.24) is 0 Å². The van der Waals surface area contributed by atoms with Crippen molar-refractivity contribution in [3.05, 3.63) is 156 Å². The lowest BCUT2D eigenvalue weighted by Crippen LogP contribution is -2.16. The van der Waals surface area contributed by atoms with Crippen LogP contribution in [-0.4, -0.2) is 0 Å². The number of hydrogen-bond donors (Lipinski definition) is 0. The summed E-state index contributed by atoms with van der Waals surface area (Å²) in [6, 6.07) is 50.3. The Morgan fingerprint density at radius 1 is 0.192 bits per heavy atom. The van der Waals surface area contributed by atoms with E-state index in [1.54, 1.807) is 0 Å². The highest BCUT2D eigenvalue weighted by Crippen LogP contribution is 2.37. The van der Waals surface area contributed by atoms with Crippen molar-refractivity contribution >= 4 is 0 Å². The molecule has 0 aliphatic rings. The predicted molar refractivity (Wildman–Crippen MR) is 228 cm³/mol. The zero-order valence-corrected chi connectivity index (χ0v) is 33.7. The van der Waals surface area contributed by atoms with Gasteiger partial charge in [-0.1, -0.05) is 217 Å². The molecule has 0 atom stereocenters. The normalized spacial score (nSPS) is 12.6. The van der Waals surface area contributed by atoms with Gasteiger partial charge in [-0.05, 0) is 99.5 Å². The third-order valence-corrected chi connectivity index (χ3v) is 10.5. The number of benzene rings is 6. The van der Waals surface area contributed by atoms with Crippen LogP contribution in [0.2, 0.25) is 0 Å². The van der Waals surface area contributed by atoms with Gasteiger partial charge in [0, 0.05) is 0 Å². The van der Waals surface area contributed by atoms with Crippen molar-refractivity contribution in [2.75, 3.05) is 0 Å². The minimum Gasteiger partial charge on any atom is -0.0561 e. The van der Waals surface area contributed by atoms with Crippen LogP contribution in [0.4, 0.5) is 0 Å². The van der Waals surface area contributed by atoms with Gasteiger partial charge in [-0.3, -0.25) is 0 Å². The molecule has 0 saturated carbocycles. The Kier molecular flexibility index (Phi) is 9.77. The zero-order chi connectivity index (χ0) is 37.6. The molecule has 0 aliphatic heterocycles. The lowest BCUT2D eigenvalue weighted by Gasteiger charge is -2.26. The van der Waals surface area contributed by atoms with E-state index in [0.29, 0.717) is 0 Å². The van der Waals surface area contributed by atoms with Crippen LogP contribution < -0.4 is 0 Å². The second-order valence-corrected chi connectivity index (χ2v) is 18.9. The fourth-order valence-corrected chi connectivity index (χ4v) is 6.74. The van der Waals surface area contributed by atoms with Crippen LogP contribution in [0.25, 0.3) is 55.6 Å². The third-order valence-electron chi connectivity index (χ3n) is 10.5. The SMILES string of the molecule is CC(C)(C)c1cc(-c2ccc(-c3ccc(-c4ccc(-c5ccc(-c6cc(C(C)(C)C)cc(C(C)(C)C)c6)cc5)cc4)cc3)cc2)cc(C(C)(C)C)c1. The highest BCUT2D eigenvalue weighted by Gasteiger charge is 2.22. The topological polar surface area (TPSA) is 0 Å². The van der Waals surface area contributed by atoms with Crippen molar-refractivity contribution in [3.8, 4) is 55.6 Å². The largest absolute Gasteiger partial charge is 0.0561 e. The van der Waals surface area contributed by atoms with Gasteiger partial charge in [0.15, 0.2) is 0 Å². The first-order valence-corrected chi connectivity index (χ1v) is 19.0. The van der Waals surface area contributed by atoms with E-state index >= 15 is 0 Å². The summed E-state index contributed by atoms with van der Waals surface area (Å²) in [4.78, 5) is 0. The summed E-state index contributed by atoms with van der Waals surface area (Å²) in [5, 5.41) is 0. The van der Waals surface area contributed by atoms with Crippen molar-refractivity contribution in [3.63, 3.8) is 0 Å². The highest BCUT2D eigenvalue weighted by atomic mass is 14.3. The quantitative estimate of drug-likeness (QED) is 0.170. The molecule has 0 nitrogen and oxygen atoms in total. The molecule has 0 aromatic heterocycles. The average molecular weight is 683 g/mol. The smallest absolute Gasteiger partial charge is 0.0132 e. The molecular weight excluding hydrogens is 625 g/mol. The fraction of sp³-hybridized carbons (Fsp3) is 0.308. The maximum atomic E-state index is 2.39. The molecule has 0 bridgehead atoms.